The number of thioether (sulfide) groups is 1. The zero-order valence-electron chi connectivity index (χ0n) is 14.2. The van der Waals surface area contributed by atoms with E-state index in [9.17, 15) is 9.59 Å². The highest BCUT2D eigenvalue weighted by Gasteiger charge is 2.34. The molecule has 2 aromatic carbocycles. The van der Waals surface area contributed by atoms with Gasteiger partial charge in [0.2, 0.25) is 6.79 Å². The monoisotopic (exact) mass is 398 g/mol. The molecule has 27 heavy (non-hydrogen) atoms. The number of benzene rings is 2. The Bertz CT molecular complexity index is 1000. The van der Waals surface area contributed by atoms with Crippen LogP contribution in [0.1, 0.15) is 21.5 Å². The van der Waals surface area contributed by atoms with E-state index in [1.54, 1.807) is 30.3 Å². The molecule has 0 saturated carbocycles. The van der Waals surface area contributed by atoms with Crippen molar-refractivity contribution in [1.29, 1.82) is 0 Å². The second-order valence-electron chi connectivity index (χ2n) is 5.89. The van der Waals surface area contributed by atoms with E-state index in [0.717, 1.165) is 27.9 Å². The SMILES string of the molecule is Cc1ccccc1C(=O)NN1C(=O)C(=Cc2ccc3c(c2)OCO3)SC1=S. The number of nitrogens with zero attached hydrogens (tertiary/aromatic N) is 1. The fraction of sp³-hybridized carbons (Fsp3) is 0.105. The minimum Gasteiger partial charge on any atom is -0.454 e. The maximum absolute atomic E-state index is 12.7. The van der Waals surface area contributed by atoms with Crippen LogP contribution in [0.2, 0.25) is 0 Å². The second-order valence-corrected chi connectivity index (χ2v) is 7.56. The summed E-state index contributed by atoms with van der Waals surface area (Å²) in [6.07, 6.45) is 1.71. The van der Waals surface area contributed by atoms with E-state index in [-0.39, 0.29) is 22.9 Å². The van der Waals surface area contributed by atoms with Crippen LogP contribution in [0.3, 0.4) is 0 Å². The van der Waals surface area contributed by atoms with Crippen LogP contribution >= 0.6 is 24.0 Å². The maximum Gasteiger partial charge on any atom is 0.285 e. The highest BCUT2D eigenvalue weighted by atomic mass is 32.2. The van der Waals surface area contributed by atoms with Gasteiger partial charge < -0.3 is 9.47 Å². The van der Waals surface area contributed by atoms with Gasteiger partial charge in [-0.15, -0.1) is 0 Å². The number of amides is 2. The fourth-order valence-electron chi connectivity index (χ4n) is 2.71. The Hall–Kier alpha value is -2.84. The fourth-order valence-corrected chi connectivity index (χ4v) is 3.89. The zero-order chi connectivity index (χ0) is 19.0. The molecule has 2 aliphatic rings. The van der Waals surface area contributed by atoms with Gasteiger partial charge in [0.15, 0.2) is 15.8 Å². The van der Waals surface area contributed by atoms with Gasteiger partial charge in [-0.2, -0.15) is 5.01 Å². The lowest BCUT2D eigenvalue weighted by molar-refractivity contribution is -0.123. The van der Waals surface area contributed by atoms with Crippen molar-refractivity contribution in [2.45, 2.75) is 6.92 Å². The third kappa shape index (κ3) is 3.41. The lowest BCUT2D eigenvalue weighted by atomic mass is 10.1. The highest BCUT2D eigenvalue weighted by molar-refractivity contribution is 8.26. The molecule has 0 radical (unpaired) electrons. The van der Waals surface area contributed by atoms with E-state index >= 15 is 0 Å². The summed E-state index contributed by atoms with van der Waals surface area (Å²) in [5.41, 5.74) is 4.68. The molecule has 0 spiro atoms. The van der Waals surface area contributed by atoms with Crippen molar-refractivity contribution in [2.24, 2.45) is 0 Å². The minimum atomic E-state index is -0.381. The van der Waals surface area contributed by atoms with Crippen molar-refractivity contribution >= 4 is 46.2 Å². The third-order valence-corrected chi connectivity index (χ3v) is 5.39. The summed E-state index contributed by atoms with van der Waals surface area (Å²) >= 11 is 6.39. The summed E-state index contributed by atoms with van der Waals surface area (Å²) in [4.78, 5) is 25.6. The molecule has 0 unspecified atom stereocenters. The second kappa shape index (κ2) is 7.05. The molecule has 4 rings (SSSR count). The maximum atomic E-state index is 12.7. The van der Waals surface area contributed by atoms with Crippen molar-refractivity contribution in [3.8, 4) is 11.5 Å². The Balaban J connectivity index is 1.53. The van der Waals surface area contributed by atoms with Gasteiger partial charge in [0.1, 0.15) is 0 Å². The van der Waals surface area contributed by atoms with Gasteiger partial charge in [0.05, 0.1) is 4.91 Å². The number of carbonyl (C=O) groups excluding carboxylic acids is 2. The van der Waals surface area contributed by atoms with Crippen LogP contribution in [0.4, 0.5) is 0 Å². The van der Waals surface area contributed by atoms with Crippen molar-refractivity contribution in [3.63, 3.8) is 0 Å². The predicted molar refractivity (Wildman–Crippen MR) is 106 cm³/mol. The quantitative estimate of drug-likeness (QED) is 0.632. The summed E-state index contributed by atoms with van der Waals surface area (Å²) in [6, 6.07) is 12.6. The Labute approximate surface area is 165 Å². The highest BCUT2D eigenvalue weighted by Crippen LogP contribution is 2.36. The van der Waals surface area contributed by atoms with Crippen molar-refractivity contribution in [2.75, 3.05) is 6.79 Å². The Morgan fingerprint density at radius 2 is 2.00 bits per heavy atom. The van der Waals surface area contributed by atoms with Gasteiger partial charge in [-0.1, -0.05) is 36.0 Å². The molecular weight excluding hydrogens is 384 g/mol. The van der Waals surface area contributed by atoms with E-state index in [1.165, 1.54) is 0 Å². The van der Waals surface area contributed by atoms with Crippen LogP contribution in [0.25, 0.3) is 6.08 Å². The van der Waals surface area contributed by atoms with Gasteiger partial charge in [0.25, 0.3) is 11.8 Å². The molecule has 1 fully saturated rings. The number of nitrogens with one attached hydrogen (secondary N) is 1. The number of hydrogen-bond donors (Lipinski definition) is 1. The van der Waals surface area contributed by atoms with Gasteiger partial charge in [-0.25, -0.2) is 0 Å². The molecule has 1 saturated heterocycles. The lowest BCUT2D eigenvalue weighted by Gasteiger charge is -2.16. The summed E-state index contributed by atoms with van der Waals surface area (Å²) in [7, 11) is 0. The Morgan fingerprint density at radius 3 is 2.81 bits per heavy atom. The molecule has 2 amide bonds. The van der Waals surface area contributed by atoms with Gasteiger partial charge >= 0.3 is 0 Å². The minimum absolute atomic E-state index is 0.186. The summed E-state index contributed by atoms with van der Waals surface area (Å²) in [6.45, 7) is 2.02. The molecule has 2 heterocycles. The van der Waals surface area contributed by atoms with Crippen LogP contribution in [-0.4, -0.2) is 27.9 Å². The average molecular weight is 398 g/mol. The smallest absolute Gasteiger partial charge is 0.285 e. The van der Waals surface area contributed by atoms with Crippen LogP contribution in [-0.2, 0) is 4.79 Å². The van der Waals surface area contributed by atoms with Crippen LogP contribution in [0.15, 0.2) is 47.4 Å². The molecule has 1 N–H and O–H groups in total. The molecule has 2 aliphatic heterocycles. The molecule has 8 heteroatoms. The van der Waals surface area contributed by atoms with Crippen molar-refractivity contribution in [3.05, 3.63) is 64.1 Å². The van der Waals surface area contributed by atoms with Gasteiger partial charge in [-0.05, 0) is 54.5 Å². The molecule has 0 aliphatic carbocycles. The van der Waals surface area contributed by atoms with Crippen LogP contribution in [0.5, 0.6) is 11.5 Å². The molecular formula is C19H14N2O4S2. The first kappa shape index (κ1) is 17.6. The van der Waals surface area contributed by atoms with Crippen LogP contribution < -0.4 is 14.9 Å². The standard InChI is InChI=1S/C19H14N2O4S2/c1-11-4-2-3-5-13(11)17(22)20-21-18(23)16(27-19(21)26)9-12-6-7-14-15(8-12)25-10-24-14/h2-9H,10H2,1H3,(H,20,22). The molecule has 0 atom stereocenters. The number of thiocarbonyl (C=S) groups is 1. The molecule has 2 aromatic rings. The number of rotatable bonds is 3. The van der Waals surface area contributed by atoms with Crippen molar-refractivity contribution < 1.29 is 19.1 Å². The number of ether oxygens (including phenoxy) is 2. The summed E-state index contributed by atoms with van der Waals surface area (Å²) in [5, 5.41) is 1.10. The third-order valence-electron chi connectivity index (χ3n) is 4.09. The number of aryl methyl sites for hydroxylation is 1. The first-order valence-electron chi connectivity index (χ1n) is 8.07. The van der Waals surface area contributed by atoms with E-state index in [4.69, 9.17) is 21.7 Å². The summed E-state index contributed by atoms with van der Waals surface area (Å²) < 4.78 is 10.9. The number of fused-ring (bicyclic) bond motifs is 1. The molecule has 136 valence electrons. The summed E-state index contributed by atoms with van der Waals surface area (Å²) in [5.74, 6) is 0.551. The molecule has 6 nitrogen and oxygen atoms in total. The average Bonchev–Trinajstić information content (AvgIpc) is 3.22. The first-order valence-corrected chi connectivity index (χ1v) is 9.29. The van der Waals surface area contributed by atoms with Crippen molar-refractivity contribution in [1.82, 2.24) is 10.4 Å². The first-order chi connectivity index (χ1) is 13.0. The van der Waals surface area contributed by atoms with Crippen LogP contribution in [0, 0.1) is 6.92 Å². The molecule has 0 bridgehead atoms. The Morgan fingerprint density at radius 1 is 1.22 bits per heavy atom. The van der Waals surface area contributed by atoms with E-state index in [1.807, 2.05) is 25.1 Å². The van der Waals surface area contributed by atoms with Gasteiger partial charge in [0, 0.05) is 5.56 Å². The normalized spacial score (nSPS) is 16.9. The zero-order valence-corrected chi connectivity index (χ0v) is 15.9. The number of hydrogen-bond acceptors (Lipinski definition) is 6. The van der Waals surface area contributed by atoms with E-state index in [2.05, 4.69) is 5.43 Å². The van der Waals surface area contributed by atoms with E-state index in [0.29, 0.717) is 22.0 Å². The van der Waals surface area contributed by atoms with Gasteiger partial charge in [-0.3, -0.25) is 15.0 Å². The Kier molecular flexibility index (Phi) is 4.59. The topological polar surface area (TPSA) is 67.9 Å². The largest absolute Gasteiger partial charge is 0.454 e. The lowest BCUT2D eigenvalue weighted by Crippen LogP contribution is -2.45. The van der Waals surface area contributed by atoms with E-state index < -0.39 is 0 Å². The predicted octanol–water partition coefficient (Wildman–Crippen LogP) is 3.27. The molecule has 0 aromatic heterocycles. The number of hydrazine groups is 1. The number of carbonyl (C=O) groups is 2.